The Balaban J connectivity index is 3.06. The van der Waals surface area contributed by atoms with Crippen LogP contribution in [-0.4, -0.2) is 7.85 Å². The van der Waals surface area contributed by atoms with Crippen LogP contribution in [0.15, 0.2) is 0 Å². The van der Waals surface area contributed by atoms with E-state index >= 15 is 0 Å². The molecule has 2 atom stereocenters. The van der Waals surface area contributed by atoms with Gasteiger partial charge >= 0.3 is 0 Å². The van der Waals surface area contributed by atoms with Gasteiger partial charge in [0.05, 0.1) is 0 Å². The maximum Gasteiger partial charge on any atom is 0.105 e. The summed E-state index contributed by atoms with van der Waals surface area (Å²) in [6.07, 6.45) is 4.15. The number of rotatable bonds is 4. The summed E-state index contributed by atoms with van der Waals surface area (Å²) in [5.74, 6) is 1.83. The predicted octanol–water partition coefficient (Wildman–Crippen LogP) is 2.25. The van der Waals surface area contributed by atoms with E-state index in [-0.39, 0.29) is 0 Å². The highest BCUT2D eigenvalue weighted by Crippen LogP contribution is 2.15. The fraction of sp³-hybridized carbons (Fsp3) is 1.00. The summed E-state index contributed by atoms with van der Waals surface area (Å²) in [4.78, 5) is 0. The number of hydrogen-bond donors (Lipinski definition) is 0. The lowest BCUT2D eigenvalue weighted by atomic mass is 9.83. The van der Waals surface area contributed by atoms with Gasteiger partial charge in [0.25, 0.3) is 0 Å². The predicted molar refractivity (Wildman–Crippen MR) is 46.7 cm³/mol. The molecule has 0 rings (SSSR count). The normalized spacial score (nSPS) is 17.2. The standard InChI is InChI=1S/C8H19B/c1-4-7(2)5-6-8(3)9/h7-8H,4-6,9H2,1-3H3/t7-,8+/m1/s1. The van der Waals surface area contributed by atoms with Crippen molar-refractivity contribution in [3.8, 4) is 0 Å². The van der Waals surface area contributed by atoms with E-state index < -0.39 is 0 Å². The Bertz CT molecular complexity index is 59.6. The molecule has 0 fully saturated rings. The second kappa shape index (κ2) is 4.90. The molecule has 0 aromatic heterocycles. The first-order valence-corrected chi connectivity index (χ1v) is 4.16. The summed E-state index contributed by atoms with van der Waals surface area (Å²) in [6, 6.07) is 0. The van der Waals surface area contributed by atoms with Gasteiger partial charge in [0.1, 0.15) is 7.85 Å². The van der Waals surface area contributed by atoms with Crippen LogP contribution in [0.4, 0.5) is 0 Å². The van der Waals surface area contributed by atoms with Crippen LogP contribution >= 0.6 is 0 Å². The van der Waals surface area contributed by atoms with Crippen molar-refractivity contribution in [2.24, 2.45) is 5.92 Å². The average molecular weight is 126 g/mol. The van der Waals surface area contributed by atoms with Crippen LogP contribution in [0.3, 0.4) is 0 Å². The molecule has 0 amide bonds. The lowest BCUT2D eigenvalue weighted by Gasteiger charge is -2.09. The van der Waals surface area contributed by atoms with Gasteiger partial charge in [-0.1, -0.05) is 45.9 Å². The Morgan fingerprint density at radius 3 is 2.11 bits per heavy atom. The Kier molecular flexibility index (Phi) is 4.93. The van der Waals surface area contributed by atoms with Gasteiger partial charge in [-0.15, -0.1) is 0 Å². The van der Waals surface area contributed by atoms with Crippen molar-refractivity contribution in [3.05, 3.63) is 0 Å². The maximum atomic E-state index is 2.34. The summed E-state index contributed by atoms with van der Waals surface area (Å²) in [5, 5.41) is 0. The molecule has 54 valence electrons. The molecule has 0 spiro atoms. The zero-order valence-corrected chi connectivity index (χ0v) is 7.28. The van der Waals surface area contributed by atoms with Crippen molar-refractivity contribution in [3.63, 3.8) is 0 Å². The molecule has 0 radical (unpaired) electrons. The minimum Gasteiger partial charge on any atom is -0.0725 e. The van der Waals surface area contributed by atoms with Crippen molar-refractivity contribution in [1.29, 1.82) is 0 Å². The van der Waals surface area contributed by atoms with Gasteiger partial charge in [0.15, 0.2) is 0 Å². The Morgan fingerprint density at radius 2 is 1.78 bits per heavy atom. The Labute approximate surface area is 60.4 Å². The molecule has 0 aromatic carbocycles. The Morgan fingerprint density at radius 1 is 1.22 bits per heavy atom. The third-order valence-electron chi connectivity index (χ3n) is 1.93. The van der Waals surface area contributed by atoms with E-state index in [1.165, 1.54) is 19.3 Å². The molecule has 0 nitrogen and oxygen atoms in total. The third kappa shape index (κ3) is 5.94. The highest BCUT2D eigenvalue weighted by atomic mass is 14.0. The summed E-state index contributed by atoms with van der Waals surface area (Å²) in [5.41, 5.74) is 0. The molecule has 0 aliphatic heterocycles. The highest BCUT2D eigenvalue weighted by molar-refractivity contribution is 6.11. The van der Waals surface area contributed by atoms with E-state index in [0.29, 0.717) is 0 Å². The van der Waals surface area contributed by atoms with E-state index in [4.69, 9.17) is 0 Å². The topological polar surface area (TPSA) is 0 Å². The van der Waals surface area contributed by atoms with Gasteiger partial charge in [-0.05, 0) is 5.92 Å². The van der Waals surface area contributed by atoms with E-state index in [2.05, 4.69) is 28.6 Å². The van der Waals surface area contributed by atoms with Crippen LogP contribution in [0.25, 0.3) is 0 Å². The van der Waals surface area contributed by atoms with Crippen LogP contribution < -0.4 is 0 Å². The van der Waals surface area contributed by atoms with Crippen molar-refractivity contribution in [2.45, 2.75) is 45.9 Å². The van der Waals surface area contributed by atoms with Crippen LogP contribution in [0.1, 0.15) is 40.0 Å². The molecular formula is C8H19B. The first-order chi connectivity index (χ1) is 4.16. The maximum absolute atomic E-state index is 2.34. The molecule has 0 aromatic rings. The fourth-order valence-electron chi connectivity index (χ4n) is 0.822. The average Bonchev–Trinajstić information content (AvgIpc) is 1.83. The molecule has 0 saturated heterocycles. The smallest absolute Gasteiger partial charge is 0.0725 e. The first-order valence-electron chi connectivity index (χ1n) is 4.16. The van der Waals surface area contributed by atoms with E-state index in [0.717, 1.165) is 11.7 Å². The molecule has 0 saturated carbocycles. The van der Waals surface area contributed by atoms with Gasteiger partial charge in [-0.2, -0.15) is 0 Å². The van der Waals surface area contributed by atoms with Gasteiger partial charge in [0, 0.05) is 0 Å². The van der Waals surface area contributed by atoms with E-state index in [1.807, 2.05) is 0 Å². The van der Waals surface area contributed by atoms with Crippen LogP contribution in [0.5, 0.6) is 0 Å². The highest BCUT2D eigenvalue weighted by Gasteiger charge is 1.99. The largest absolute Gasteiger partial charge is 0.105 e. The molecule has 0 aliphatic carbocycles. The van der Waals surface area contributed by atoms with Gasteiger partial charge in [-0.25, -0.2) is 0 Å². The summed E-state index contributed by atoms with van der Waals surface area (Å²) >= 11 is 0. The number of hydrogen-bond acceptors (Lipinski definition) is 0. The molecule has 0 heterocycles. The van der Waals surface area contributed by atoms with Crippen molar-refractivity contribution < 1.29 is 0 Å². The van der Waals surface area contributed by atoms with Crippen LogP contribution in [0, 0.1) is 5.92 Å². The molecular weight excluding hydrogens is 107 g/mol. The summed E-state index contributed by atoms with van der Waals surface area (Å²) < 4.78 is 0. The lowest BCUT2D eigenvalue weighted by Crippen LogP contribution is -1.94. The minimum absolute atomic E-state index is 0.888. The zero-order chi connectivity index (χ0) is 7.28. The Hall–Kier alpha value is 0.0649. The molecule has 0 bridgehead atoms. The molecule has 0 N–H and O–H groups in total. The van der Waals surface area contributed by atoms with Crippen molar-refractivity contribution >= 4 is 7.85 Å². The van der Waals surface area contributed by atoms with Crippen molar-refractivity contribution in [1.82, 2.24) is 0 Å². The second-order valence-electron chi connectivity index (χ2n) is 3.48. The van der Waals surface area contributed by atoms with Gasteiger partial charge in [0.2, 0.25) is 0 Å². The fourth-order valence-corrected chi connectivity index (χ4v) is 0.822. The van der Waals surface area contributed by atoms with Gasteiger partial charge < -0.3 is 0 Å². The summed E-state index contributed by atoms with van der Waals surface area (Å²) in [6.45, 7) is 6.90. The van der Waals surface area contributed by atoms with Crippen molar-refractivity contribution in [2.75, 3.05) is 0 Å². The second-order valence-corrected chi connectivity index (χ2v) is 3.48. The monoisotopic (exact) mass is 126 g/mol. The first kappa shape index (κ1) is 9.06. The van der Waals surface area contributed by atoms with E-state index in [1.54, 1.807) is 0 Å². The quantitative estimate of drug-likeness (QED) is 0.507. The zero-order valence-electron chi connectivity index (χ0n) is 7.28. The van der Waals surface area contributed by atoms with Crippen LogP contribution in [-0.2, 0) is 0 Å². The molecule has 9 heavy (non-hydrogen) atoms. The van der Waals surface area contributed by atoms with Gasteiger partial charge in [-0.3, -0.25) is 0 Å². The lowest BCUT2D eigenvalue weighted by molar-refractivity contribution is 0.492. The molecule has 1 heteroatoms. The van der Waals surface area contributed by atoms with Crippen LogP contribution in [0.2, 0.25) is 5.82 Å². The molecule has 0 unspecified atom stereocenters. The SMILES string of the molecule is B[C@@H](C)CC[C@H](C)CC. The summed E-state index contributed by atoms with van der Waals surface area (Å²) in [7, 11) is 2.29. The van der Waals surface area contributed by atoms with E-state index in [9.17, 15) is 0 Å². The minimum atomic E-state index is 0.888. The molecule has 0 aliphatic rings. The third-order valence-corrected chi connectivity index (χ3v) is 1.93.